The molecular weight excluding hydrogens is 576 g/mol. The third kappa shape index (κ3) is 7.72. The molecule has 2 fully saturated rings. The molecule has 0 amide bonds. The molecule has 236 valence electrons. The molecule has 2 heterocycles. The first-order valence-electron chi connectivity index (χ1n) is 13.2. The van der Waals surface area contributed by atoms with Crippen LogP contribution < -0.4 is 0 Å². The molecule has 8 atom stereocenters. The van der Waals surface area contributed by atoms with Crippen LogP contribution in [-0.2, 0) is 34.9 Å². The minimum absolute atomic E-state index is 0.0731. The third-order valence-corrected chi connectivity index (χ3v) is 7.03. The predicted molar refractivity (Wildman–Crippen MR) is 143 cm³/mol. The maximum absolute atomic E-state index is 12.3. The average molecular weight is 611 g/mol. The number of carbonyl (C=O) groups is 1. The summed E-state index contributed by atoms with van der Waals surface area (Å²) in [5.41, 5.74) is -1.07. The van der Waals surface area contributed by atoms with Gasteiger partial charge in [-0.3, -0.25) is 0 Å². The zero-order valence-electron chi connectivity index (χ0n) is 22.7. The van der Waals surface area contributed by atoms with Crippen LogP contribution in [0.4, 0.5) is 0 Å². The summed E-state index contributed by atoms with van der Waals surface area (Å²) in [6.07, 6.45) is -8.39. The molecule has 0 saturated carbocycles. The number of esters is 1. The maximum Gasteiger partial charge on any atom is 0.330 e. The van der Waals surface area contributed by atoms with Crippen LogP contribution in [0, 0.1) is 0 Å². The summed E-state index contributed by atoms with van der Waals surface area (Å²) >= 11 is 0. The number of rotatable bonds is 11. The molecule has 43 heavy (non-hydrogen) atoms. The van der Waals surface area contributed by atoms with Crippen molar-refractivity contribution in [3.63, 3.8) is 0 Å². The number of hydrogen-bond acceptors (Lipinski definition) is 15. The Morgan fingerprint density at radius 1 is 0.953 bits per heavy atom. The molecular formula is C28H34O15. The van der Waals surface area contributed by atoms with E-state index in [1.807, 2.05) is 0 Å². The number of aliphatic hydroxyl groups is 5. The quantitative estimate of drug-likeness (QED) is 0.0806. The van der Waals surface area contributed by atoms with Gasteiger partial charge in [0.25, 0.3) is 0 Å². The molecule has 2 aromatic carbocycles. The number of phenols is 4. The fourth-order valence-corrected chi connectivity index (χ4v) is 4.44. The highest BCUT2D eigenvalue weighted by molar-refractivity contribution is 5.87. The Labute approximate surface area is 245 Å². The molecule has 0 aromatic heterocycles. The highest BCUT2D eigenvalue weighted by Gasteiger charge is 2.53. The molecule has 2 saturated heterocycles. The van der Waals surface area contributed by atoms with Gasteiger partial charge in [-0.2, -0.15) is 0 Å². The van der Waals surface area contributed by atoms with Crippen molar-refractivity contribution in [2.45, 2.75) is 55.1 Å². The van der Waals surface area contributed by atoms with Gasteiger partial charge in [-0.15, -0.1) is 0 Å². The summed E-state index contributed by atoms with van der Waals surface area (Å²) in [5, 5.41) is 90.1. The van der Waals surface area contributed by atoms with Crippen molar-refractivity contribution in [2.24, 2.45) is 0 Å². The Morgan fingerprint density at radius 2 is 1.65 bits per heavy atom. The SMILES string of the molecule is O=C(C=Cc1ccc(O)c(O)c1)OCC1OC(OCCc2ccc(O)c(O)c2)C(O)C(OC2OCC(O)(CO)C2O)C1O. The second-order valence-corrected chi connectivity index (χ2v) is 10.2. The minimum Gasteiger partial charge on any atom is -0.504 e. The van der Waals surface area contributed by atoms with Gasteiger partial charge in [0, 0.05) is 6.08 Å². The summed E-state index contributed by atoms with van der Waals surface area (Å²) in [6, 6.07) is 8.05. The summed E-state index contributed by atoms with van der Waals surface area (Å²) in [5.74, 6) is -2.22. The summed E-state index contributed by atoms with van der Waals surface area (Å²) in [6.45, 7) is -1.95. The van der Waals surface area contributed by atoms with Crippen LogP contribution in [0.1, 0.15) is 11.1 Å². The van der Waals surface area contributed by atoms with Crippen LogP contribution in [0.15, 0.2) is 42.5 Å². The van der Waals surface area contributed by atoms with Crippen molar-refractivity contribution in [1.29, 1.82) is 0 Å². The average Bonchev–Trinajstić information content (AvgIpc) is 3.27. The molecule has 0 aliphatic carbocycles. The van der Waals surface area contributed by atoms with Gasteiger partial charge in [0.2, 0.25) is 0 Å². The Balaban J connectivity index is 1.43. The summed E-state index contributed by atoms with van der Waals surface area (Å²) in [4.78, 5) is 12.3. The Bertz CT molecular complexity index is 1280. The Kier molecular flexibility index (Phi) is 10.4. The Hall–Kier alpha value is -3.51. The molecule has 15 nitrogen and oxygen atoms in total. The molecule has 8 unspecified atom stereocenters. The normalized spacial score (nSPS) is 31.0. The lowest BCUT2D eigenvalue weighted by Crippen LogP contribution is -2.62. The topological polar surface area (TPSA) is 245 Å². The zero-order chi connectivity index (χ0) is 31.3. The fourth-order valence-electron chi connectivity index (χ4n) is 4.44. The van der Waals surface area contributed by atoms with Crippen molar-refractivity contribution in [2.75, 3.05) is 26.4 Å². The first-order valence-corrected chi connectivity index (χ1v) is 13.2. The van der Waals surface area contributed by atoms with Gasteiger partial charge < -0.3 is 69.6 Å². The van der Waals surface area contributed by atoms with E-state index in [-0.39, 0.29) is 36.0 Å². The second kappa shape index (κ2) is 13.9. The number of hydrogen-bond donors (Lipinski definition) is 9. The largest absolute Gasteiger partial charge is 0.504 e. The lowest BCUT2D eigenvalue weighted by molar-refractivity contribution is -0.329. The number of aromatic hydroxyl groups is 4. The molecule has 2 aliphatic rings. The van der Waals surface area contributed by atoms with E-state index in [0.717, 1.165) is 6.08 Å². The van der Waals surface area contributed by atoms with Crippen LogP contribution in [0.5, 0.6) is 23.0 Å². The lowest BCUT2D eigenvalue weighted by Gasteiger charge is -2.43. The summed E-state index contributed by atoms with van der Waals surface area (Å²) < 4.78 is 27.4. The first-order chi connectivity index (χ1) is 20.4. The molecule has 15 heteroatoms. The van der Waals surface area contributed by atoms with E-state index in [9.17, 15) is 50.8 Å². The van der Waals surface area contributed by atoms with Gasteiger partial charge in [0.15, 0.2) is 35.6 Å². The number of carbonyl (C=O) groups excluding carboxylic acids is 1. The van der Waals surface area contributed by atoms with Crippen LogP contribution in [-0.4, -0.2) is 127 Å². The van der Waals surface area contributed by atoms with E-state index in [1.165, 1.54) is 36.4 Å². The van der Waals surface area contributed by atoms with Gasteiger partial charge >= 0.3 is 5.97 Å². The van der Waals surface area contributed by atoms with Gasteiger partial charge in [-0.1, -0.05) is 12.1 Å². The van der Waals surface area contributed by atoms with Crippen LogP contribution >= 0.6 is 0 Å². The van der Waals surface area contributed by atoms with Gasteiger partial charge in [-0.05, 0) is 47.9 Å². The van der Waals surface area contributed by atoms with Crippen molar-refractivity contribution >= 4 is 12.0 Å². The van der Waals surface area contributed by atoms with Crippen LogP contribution in [0.2, 0.25) is 0 Å². The molecule has 2 aliphatic heterocycles. The molecule has 0 bridgehead atoms. The van der Waals surface area contributed by atoms with E-state index in [1.54, 1.807) is 6.07 Å². The molecule has 4 rings (SSSR count). The van der Waals surface area contributed by atoms with E-state index in [0.29, 0.717) is 11.1 Å². The van der Waals surface area contributed by atoms with Gasteiger partial charge in [0.1, 0.15) is 42.7 Å². The van der Waals surface area contributed by atoms with Crippen molar-refractivity contribution in [3.05, 3.63) is 53.6 Å². The van der Waals surface area contributed by atoms with Crippen molar-refractivity contribution in [1.82, 2.24) is 0 Å². The summed E-state index contributed by atoms with van der Waals surface area (Å²) in [7, 11) is 0. The minimum atomic E-state index is -2.03. The highest BCUT2D eigenvalue weighted by atomic mass is 16.7. The van der Waals surface area contributed by atoms with Gasteiger partial charge in [-0.25, -0.2) is 4.79 Å². The number of aliphatic hydroxyl groups excluding tert-OH is 4. The van der Waals surface area contributed by atoms with E-state index >= 15 is 0 Å². The zero-order valence-corrected chi connectivity index (χ0v) is 22.7. The molecule has 0 spiro atoms. The number of ether oxygens (including phenoxy) is 5. The predicted octanol–water partition coefficient (Wildman–Crippen LogP) is -1.40. The monoisotopic (exact) mass is 610 g/mol. The maximum atomic E-state index is 12.3. The van der Waals surface area contributed by atoms with E-state index < -0.39 is 74.5 Å². The first kappa shape index (κ1) is 32.4. The highest BCUT2D eigenvalue weighted by Crippen LogP contribution is 2.32. The van der Waals surface area contributed by atoms with Crippen LogP contribution in [0.3, 0.4) is 0 Å². The fraction of sp³-hybridized carbons (Fsp3) is 0.464. The van der Waals surface area contributed by atoms with E-state index in [4.69, 9.17) is 23.7 Å². The van der Waals surface area contributed by atoms with Crippen molar-refractivity contribution < 1.29 is 74.4 Å². The molecule has 9 N–H and O–H groups in total. The van der Waals surface area contributed by atoms with Gasteiger partial charge in [0.05, 0.1) is 19.8 Å². The third-order valence-electron chi connectivity index (χ3n) is 7.03. The Morgan fingerprint density at radius 3 is 2.30 bits per heavy atom. The lowest BCUT2D eigenvalue weighted by atomic mass is 9.98. The molecule has 0 radical (unpaired) electrons. The second-order valence-electron chi connectivity index (χ2n) is 10.2. The standard InChI is InChI=1S/C28H34O15/c29-12-28(38)13-41-27(25(28)37)43-24-22(35)20(11-40-21(34)6-3-14-1-4-16(30)18(32)9-14)42-26(23(24)36)39-8-7-15-2-5-17(31)19(33)10-15/h1-6,9-10,20,22-27,29-33,35-38H,7-8,11-13H2. The number of benzene rings is 2. The smallest absolute Gasteiger partial charge is 0.330 e. The van der Waals surface area contributed by atoms with Crippen molar-refractivity contribution in [3.8, 4) is 23.0 Å². The van der Waals surface area contributed by atoms with E-state index in [2.05, 4.69) is 0 Å². The number of phenolic OH excluding ortho intramolecular Hbond substituents is 4. The van der Waals surface area contributed by atoms with Crippen LogP contribution in [0.25, 0.3) is 6.08 Å². The molecule has 2 aromatic rings.